The van der Waals surface area contributed by atoms with Crippen molar-refractivity contribution in [1.29, 1.82) is 0 Å². The Kier molecular flexibility index (Phi) is 7.51. The van der Waals surface area contributed by atoms with Gasteiger partial charge in [-0.3, -0.25) is 9.59 Å². The van der Waals surface area contributed by atoms with Gasteiger partial charge in [-0.05, 0) is 37.5 Å². The molecule has 0 bridgehead atoms. The molecule has 2 amide bonds. The van der Waals surface area contributed by atoms with Crippen LogP contribution in [0.4, 0.5) is 0 Å². The lowest BCUT2D eigenvalue weighted by atomic mass is 10.1. The first-order chi connectivity index (χ1) is 10.5. The number of hydrogen-bond donors (Lipinski definition) is 3. The highest BCUT2D eigenvalue weighted by atomic mass is 16.5. The smallest absolute Gasteiger partial charge is 0.251 e. The maximum absolute atomic E-state index is 12.0. The van der Waals surface area contributed by atoms with Crippen molar-refractivity contribution in [2.45, 2.75) is 25.3 Å². The second-order valence-electron chi connectivity index (χ2n) is 4.78. The fourth-order valence-electron chi connectivity index (χ4n) is 1.79. The molecule has 1 rings (SSSR count). The lowest BCUT2D eigenvalue weighted by molar-refractivity contribution is -0.119. The monoisotopic (exact) mass is 303 g/mol. The van der Waals surface area contributed by atoms with Gasteiger partial charge in [0.2, 0.25) is 5.91 Å². The number of carbonyl (C=O) groups is 2. The van der Waals surface area contributed by atoms with E-state index in [9.17, 15) is 9.59 Å². The van der Waals surface area contributed by atoms with Gasteiger partial charge in [0.25, 0.3) is 5.91 Å². The summed E-state index contributed by atoms with van der Waals surface area (Å²) >= 11 is 0. The second kappa shape index (κ2) is 9.42. The van der Waals surface area contributed by atoms with E-state index in [0.29, 0.717) is 24.3 Å². The minimum Gasteiger partial charge on any atom is -0.481 e. The van der Waals surface area contributed by atoms with Crippen molar-refractivity contribution in [3.63, 3.8) is 0 Å². The number of ether oxygens (including phenoxy) is 1. The molecule has 0 aliphatic heterocycles. The zero-order valence-corrected chi connectivity index (χ0v) is 12.4. The lowest BCUT2D eigenvalue weighted by Crippen LogP contribution is -2.36. The Morgan fingerprint density at radius 3 is 2.82 bits per heavy atom. The molecule has 0 radical (unpaired) electrons. The van der Waals surface area contributed by atoms with E-state index in [2.05, 4.69) is 11.2 Å². The molecule has 0 spiro atoms. The largest absolute Gasteiger partial charge is 0.481 e. The molecule has 0 unspecified atom stereocenters. The summed E-state index contributed by atoms with van der Waals surface area (Å²) in [6.07, 6.45) is 7.07. The SMILES string of the molecule is C#CCOc1cccc(C(=O)NCCCC[C@H](N)C(N)=O)c1. The molecular weight excluding hydrogens is 282 g/mol. The molecule has 22 heavy (non-hydrogen) atoms. The van der Waals surface area contributed by atoms with E-state index in [1.807, 2.05) is 0 Å². The molecule has 1 aromatic carbocycles. The Labute approximate surface area is 130 Å². The second-order valence-corrected chi connectivity index (χ2v) is 4.78. The molecule has 0 saturated carbocycles. The van der Waals surface area contributed by atoms with Crippen molar-refractivity contribution < 1.29 is 14.3 Å². The summed E-state index contributed by atoms with van der Waals surface area (Å²) in [4.78, 5) is 22.7. The van der Waals surface area contributed by atoms with Gasteiger partial charge in [-0.25, -0.2) is 0 Å². The Morgan fingerprint density at radius 2 is 2.14 bits per heavy atom. The van der Waals surface area contributed by atoms with Gasteiger partial charge in [-0.1, -0.05) is 12.0 Å². The summed E-state index contributed by atoms with van der Waals surface area (Å²) in [5, 5.41) is 2.79. The summed E-state index contributed by atoms with van der Waals surface area (Å²) in [5.74, 6) is 2.22. The lowest BCUT2D eigenvalue weighted by Gasteiger charge is -2.09. The molecule has 0 aliphatic carbocycles. The van der Waals surface area contributed by atoms with E-state index in [-0.39, 0.29) is 12.5 Å². The van der Waals surface area contributed by atoms with Crippen LogP contribution in [0.5, 0.6) is 5.75 Å². The van der Waals surface area contributed by atoms with Crippen molar-refractivity contribution in [2.24, 2.45) is 11.5 Å². The van der Waals surface area contributed by atoms with Crippen LogP contribution in [-0.2, 0) is 4.79 Å². The standard InChI is InChI=1S/C16H21N3O3/c1-2-10-22-13-7-5-6-12(11-13)16(21)19-9-4-3-8-14(17)15(18)20/h1,5-7,11,14H,3-4,8-10,17H2,(H2,18,20)(H,19,21)/t14-/m0/s1. The Bertz CT molecular complexity index is 552. The number of unbranched alkanes of at least 4 members (excludes halogenated alkanes) is 1. The van der Waals surface area contributed by atoms with Crippen LogP contribution in [0.25, 0.3) is 0 Å². The molecule has 118 valence electrons. The van der Waals surface area contributed by atoms with E-state index in [1.54, 1.807) is 24.3 Å². The molecule has 0 aromatic heterocycles. The molecule has 1 atom stereocenters. The van der Waals surface area contributed by atoms with Crippen molar-refractivity contribution >= 4 is 11.8 Å². The predicted molar refractivity (Wildman–Crippen MR) is 84.1 cm³/mol. The van der Waals surface area contributed by atoms with Crippen LogP contribution in [0.2, 0.25) is 0 Å². The van der Waals surface area contributed by atoms with Crippen molar-refractivity contribution in [1.82, 2.24) is 5.32 Å². The van der Waals surface area contributed by atoms with Gasteiger partial charge in [0, 0.05) is 12.1 Å². The number of benzene rings is 1. The van der Waals surface area contributed by atoms with Crippen molar-refractivity contribution in [3.8, 4) is 18.1 Å². The summed E-state index contributed by atoms with van der Waals surface area (Å²) in [6, 6.07) is 6.17. The third-order valence-electron chi connectivity index (χ3n) is 3.01. The van der Waals surface area contributed by atoms with Crippen LogP contribution < -0.4 is 21.5 Å². The highest BCUT2D eigenvalue weighted by Gasteiger charge is 2.09. The summed E-state index contributed by atoms with van der Waals surface area (Å²) < 4.78 is 5.26. The number of primary amides is 1. The van der Waals surface area contributed by atoms with Crippen molar-refractivity contribution in [3.05, 3.63) is 29.8 Å². The maximum atomic E-state index is 12.0. The van der Waals surface area contributed by atoms with E-state index in [4.69, 9.17) is 22.6 Å². The Balaban J connectivity index is 2.33. The van der Waals surface area contributed by atoms with E-state index >= 15 is 0 Å². The Morgan fingerprint density at radius 1 is 1.36 bits per heavy atom. The fraction of sp³-hybridized carbons (Fsp3) is 0.375. The van der Waals surface area contributed by atoms with Gasteiger partial charge in [-0.15, -0.1) is 6.42 Å². The van der Waals surface area contributed by atoms with Crippen LogP contribution in [-0.4, -0.2) is 31.0 Å². The third-order valence-corrected chi connectivity index (χ3v) is 3.01. The molecule has 0 saturated heterocycles. The van der Waals surface area contributed by atoms with E-state index in [1.165, 1.54) is 0 Å². The highest BCUT2D eigenvalue weighted by molar-refractivity contribution is 5.94. The number of nitrogens with two attached hydrogens (primary N) is 2. The average molecular weight is 303 g/mol. The molecular formula is C16H21N3O3. The molecule has 0 heterocycles. The van der Waals surface area contributed by atoms with Crippen LogP contribution in [0.3, 0.4) is 0 Å². The van der Waals surface area contributed by atoms with Gasteiger partial charge >= 0.3 is 0 Å². The molecule has 1 aromatic rings. The quantitative estimate of drug-likeness (QED) is 0.453. The van der Waals surface area contributed by atoms with Crippen LogP contribution in [0, 0.1) is 12.3 Å². The normalized spacial score (nSPS) is 11.3. The summed E-state index contributed by atoms with van der Waals surface area (Å²) in [7, 11) is 0. The summed E-state index contributed by atoms with van der Waals surface area (Å²) in [6.45, 7) is 0.658. The van der Waals surface area contributed by atoms with E-state index in [0.717, 1.165) is 12.8 Å². The van der Waals surface area contributed by atoms with E-state index < -0.39 is 11.9 Å². The highest BCUT2D eigenvalue weighted by Crippen LogP contribution is 2.13. The zero-order chi connectivity index (χ0) is 16.4. The van der Waals surface area contributed by atoms with Crippen LogP contribution in [0.15, 0.2) is 24.3 Å². The third kappa shape index (κ3) is 6.29. The molecule has 0 fully saturated rings. The minimum absolute atomic E-state index is 0.158. The first kappa shape index (κ1) is 17.5. The topological polar surface area (TPSA) is 107 Å². The first-order valence-electron chi connectivity index (χ1n) is 7.04. The van der Waals surface area contributed by atoms with Crippen molar-refractivity contribution in [2.75, 3.05) is 13.2 Å². The molecule has 6 nitrogen and oxygen atoms in total. The predicted octanol–water partition coefficient (Wildman–Crippen LogP) is 0.411. The molecule has 6 heteroatoms. The maximum Gasteiger partial charge on any atom is 0.251 e. The zero-order valence-electron chi connectivity index (χ0n) is 12.4. The average Bonchev–Trinajstić information content (AvgIpc) is 2.52. The molecule has 5 N–H and O–H groups in total. The van der Waals surface area contributed by atoms with Gasteiger partial charge in [0.05, 0.1) is 6.04 Å². The van der Waals surface area contributed by atoms with Crippen LogP contribution >= 0.6 is 0 Å². The van der Waals surface area contributed by atoms with Gasteiger partial charge in [0.1, 0.15) is 12.4 Å². The number of rotatable bonds is 9. The fourth-order valence-corrected chi connectivity index (χ4v) is 1.79. The number of nitrogens with one attached hydrogen (secondary N) is 1. The minimum atomic E-state index is -0.624. The molecule has 0 aliphatic rings. The number of carbonyl (C=O) groups excluding carboxylic acids is 2. The number of hydrogen-bond acceptors (Lipinski definition) is 4. The van der Waals surface area contributed by atoms with Crippen LogP contribution in [0.1, 0.15) is 29.6 Å². The van der Waals surface area contributed by atoms with Gasteiger partial charge in [-0.2, -0.15) is 0 Å². The summed E-state index contributed by atoms with van der Waals surface area (Å²) in [5.41, 5.74) is 11.1. The van der Waals surface area contributed by atoms with Gasteiger partial charge < -0.3 is 21.5 Å². The number of terminal acetylenes is 1. The first-order valence-corrected chi connectivity index (χ1v) is 7.04. The number of amides is 2. The van der Waals surface area contributed by atoms with Gasteiger partial charge in [0.15, 0.2) is 0 Å². The Hall–Kier alpha value is -2.52.